The van der Waals surface area contributed by atoms with Gasteiger partial charge in [0.05, 0.1) is 0 Å². The largest absolute Gasteiger partial charge is 0.360 e. The summed E-state index contributed by atoms with van der Waals surface area (Å²) in [6, 6.07) is 6.27. The first kappa shape index (κ1) is 11.5. The molecule has 0 amide bonds. The number of rotatable bonds is 2. The fraction of sp³-hybridized carbons (Fsp3) is 0.125. The monoisotopic (exact) mass is 248 g/mol. The molecule has 0 aliphatic heterocycles. The van der Waals surface area contributed by atoms with Gasteiger partial charge >= 0.3 is 10.1 Å². The Morgan fingerprint density at radius 3 is 2.29 bits per heavy atom. The van der Waals surface area contributed by atoms with Crippen molar-refractivity contribution in [1.29, 1.82) is 0 Å². The van der Waals surface area contributed by atoms with E-state index in [1.54, 1.807) is 12.1 Å². The molecule has 14 heavy (non-hydrogen) atoms. The number of benzene rings is 1. The summed E-state index contributed by atoms with van der Waals surface area (Å²) in [7, 11) is -3.79. The molecule has 0 aliphatic rings. The van der Waals surface area contributed by atoms with Crippen LogP contribution in [0.4, 0.5) is 0 Å². The maximum absolute atomic E-state index is 11.4. The number of aryl methyl sites for hydroxylation is 1. The molecule has 0 atom stereocenters. The van der Waals surface area contributed by atoms with Gasteiger partial charge in [0.25, 0.3) is 0 Å². The number of hydrogen-bond donors (Lipinski definition) is 1. The second-order valence-electron chi connectivity index (χ2n) is 2.62. The van der Waals surface area contributed by atoms with Gasteiger partial charge in [-0.3, -0.25) is 0 Å². The Bertz CT molecular complexity index is 433. The van der Waals surface area contributed by atoms with Crippen LogP contribution in [0.15, 0.2) is 29.2 Å². The summed E-state index contributed by atoms with van der Waals surface area (Å²) >= 11 is 8.02. The lowest BCUT2D eigenvalue weighted by molar-refractivity contribution is 0.494. The molecule has 0 fully saturated rings. The van der Waals surface area contributed by atoms with E-state index in [0.717, 1.165) is 5.56 Å². The van der Waals surface area contributed by atoms with E-state index in [0.29, 0.717) is 0 Å². The highest BCUT2D eigenvalue weighted by molar-refractivity contribution is 8.11. The molecule has 1 rings (SSSR count). The molecule has 1 aromatic carbocycles. The third-order valence-corrected chi connectivity index (χ3v) is 3.13. The van der Waals surface area contributed by atoms with Crippen LogP contribution in [0.3, 0.4) is 0 Å². The van der Waals surface area contributed by atoms with Gasteiger partial charge < -0.3 is 4.18 Å². The van der Waals surface area contributed by atoms with Crippen molar-refractivity contribution in [2.24, 2.45) is 0 Å². The Morgan fingerprint density at radius 2 is 1.86 bits per heavy atom. The molecule has 0 aromatic heterocycles. The van der Waals surface area contributed by atoms with E-state index in [1.165, 1.54) is 12.1 Å². The van der Waals surface area contributed by atoms with Crippen molar-refractivity contribution < 1.29 is 12.6 Å². The van der Waals surface area contributed by atoms with Crippen molar-refractivity contribution in [3.8, 4) is 0 Å². The molecule has 0 saturated carbocycles. The van der Waals surface area contributed by atoms with E-state index >= 15 is 0 Å². The molecule has 0 heterocycles. The molecule has 0 aliphatic carbocycles. The zero-order valence-electron chi connectivity index (χ0n) is 7.30. The van der Waals surface area contributed by atoms with Crippen LogP contribution in [0.2, 0.25) is 0 Å². The average molecular weight is 248 g/mol. The molecule has 0 saturated heterocycles. The topological polar surface area (TPSA) is 43.4 Å². The zero-order valence-corrected chi connectivity index (χ0v) is 9.83. The number of hydrogen-bond acceptors (Lipinski definition) is 4. The van der Waals surface area contributed by atoms with E-state index in [2.05, 4.69) is 29.0 Å². The van der Waals surface area contributed by atoms with Gasteiger partial charge in [0.2, 0.25) is 4.38 Å². The summed E-state index contributed by atoms with van der Waals surface area (Å²) in [5, 5.41) is 0. The Hall–Kier alpha value is -0.590. The van der Waals surface area contributed by atoms with Crippen LogP contribution in [0.25, 0.3) is 0 Å². The van der Waals surface area contributed by atoms with Crippen molar-refractivity contribution >= 4 is 39.3 Å². The summed E-state index contributed by atoms with van der Waals surface area (Å²) in [6.45, 7) is 1.86. The van der Waals surface area contributed by atoms with Crippen LogP contribution < -0.4 is 0 Å². The highest BCUT2D eigenvalue weighted by Crippen LogP contribution is 2.14. The summed E-state index contributed by atoms with van der Waals surface area (Å²) in [6.07, 6.45) is 0. The number of thiocarbonyl (C=S) groups is 1. The fourth-order valence-corrected chi connectivity index (χ4v) is 2.16. The maximum atomic E-state index is 11.4. The fourth-order valence-electron chi connectivity index (χ4n) is 0.847. The standard InChI is InChI=1S/C8H8O3S3/c1-6-2-4-7(5-3-6)14(9,10)11-8(12)13/h2-5H,1H3,(H,12,13). The molecule has 0 unspecified atom stereocenters. The van der Waals surface area contributed by atoms with Crippen LogP contribution in [-0.4, -0.2) is 12.8 Å². The smallest absolute Gasteiger partial charge is 0.340 e. The van der Waals surface area contributed by atoms with Crippen LogP contribution in [-0.2, 0) is 14.3 Å². The first-order chi connectivity index (χ1) is 6.42. The van der Waals surface area contributed by atoms with Crippen molar-refractivity contribution in [2.45, 2.75) is 11.8 Å². The Labute approximate surface area is 93.6 Å². The highest BCUT2D eigenvalue weighted by Gasteiger charge is 2.15. The molecule has 0 radical (unpaired) electrons. The highest BCUT2D eigenvalue weighted by atomic mass is 32.2. The quantitative estimate of drug-likeness (QED) is 0.493. The molecular formula is C8H8O3S3. The van der Waals surface area contributed by atoms with Gasteiger partial charge in [-0.25, -0.2) is 0 Å². The minimum Gasteiger partial charge on any atom is -0.360 e. The van der Waals surface area contributed by atoms with Crippen LogP contribution in [0, 0.1) is 6.92 Å². The average Bonchev–Trinajstić information content (AvgIpc) is 2.02. The molecule has 3 nitrogen and oxygen atoms in total. The first-order valence-corrected chi connectivity index (χ1v) is 5.92. The van der Waals surface area contributed by atoms with Crippen molar-refractivity contribution in [2.75, 3.05) is 0 Å². The van der Waals surface area contributed by atoms with E-state index < -0.39 is 10.1 Å². The van der Waals surface area contributed by atoms with Gasteiger partial charge in [0, 0.05) is 0 Å². The van der Waals surface area contributed by atoms with Gasteiger partial charge in [-0.15, -0.1) is 0 Å². The Morgan fingerprint density at radius 1 is 1.36 bits per heavy atom. The van der Waals surface area contributed by atoms with Crippen LogP contribution in [0.1, 0.15) is 5.56 Å². The maximum Gasteiger partial charge on any atom is 0.340 e. The van der Waals surface area contributed by atoms with Crippen molar-refractivity contribution in [1.82, 2.24) is 0 Å². The molecule has 6 heteroatoms. The van der Waals surface area contributed by atoms with E-state index in [9.17, 15) is 8.42 Å². The second kappa shape index (κ2) is 4.29. The molecular weight excluding hydrogens is 240 g/mol. The van der Waals surface area contributed by atoms with Crippen LogP contribution >= 0.6 is 24.8 Å². The van der Waals surface area contributed by atoms with Gasteiger partial charge in [-0.1, -0.05) is 30.3 Å². The lowest BCUT2D eigenvalue weighted by Gasteiger charge is -2.03. The van der Waals surface area contributed by atoms with Gasteiger partial charge in [-0.2, -0.15) is 8.42 Å². The first-order valence-electron chi connectivity index (χ1n) is 3.66. The molecule has 0 spiro atoms. The van der Waals surface area contributed by atoms with E-state index in [4.69, 9.17) is 0 Å². The van der Waals surface area contributed by atoms with E-state index in [-0.39, 0.29) is 9.28 Å². The third kappa shape index (κ3) is 2.97. The molecule has 0 N–H and O–H groups in total. The van der Waals surface area contributed by atoms with Crippen LogP contribution in [0.5, 0.6) is 0 Å². The molecule has 76 valence electrons. The van der Waals surface area contributed by atoms with Gasteiger partial charge in [0.1, 0.15) is 4.90 Å². The molecule has 0 bridgehead atoms. The minimum absolute atomic E-state index is 0.0690. The minimum atomic E-state index is -3.79. The lowest BCUT2D eigenvalue weighted by atomic mass is 10.2. The summed E-state index contributed by atoms with van der Waals surface area (Å²) in [5.74, 6) is 0. The zero-order chi connectivity index (χ0) is 10.8. The number of thiol groups is 1. The summed E-state index contributed by atoms with van der Waals surface area (Å²) < 4.78 is 26.9. The molecule has 1 aromatic rings. The predicted molar refractivity (Wildman–Crippen MR) is 61.0 cm³/mol. The van der Waals surface area contributed by atoms with E-state index in [1.807, 2.05) is 6.92 Å². The summed E-state index contributed by atoms with van der Waals surface area (Å²) in [4.78, 5) is 0.0690. The van der Waals surface area contributed by atoms with Crippen molar-refractivity contribution in [3.05, 3.63) is 29.8 Å². The van der Waals surface area contributed by atoms with Gasteiger partial charge in [-0.05, 0) is 31.3 Å². The lowest BCUT2D eigenvalue weighted by Crippen LogP contribution is -2.07. The van der Waals surface area contributed by atoms with Gasteiger partial charge in [0.15, 0.2) is 0 Å². The predicted octanol–water partition coefficient (Wildman–Crippen LogP) is 1.92. The third-order valence-electron chi connectivity index (χ3n) is 1.49. The SMILES string of the molecule is Cc1ccc(S(=O)(=O)OC(=S)S)cc1. The Balaban J connectivity index is 3.05. The van der Waals surface area contributed by atoms with Crippen molar-refractivity contribution in [3.63, 3.8) is 0 Å². The second-order valence-corrected chi connectivity index (χ2v) is 5.24. The normalized spacial score (nSPS) is 11.0. The Kier molecular flexibility index (Phi) is 3.52. The summed E-state index contributed by atoms with van der Waals surface area (Å²) in [5.41, 5.74) is 0.970.